The van der Waals surface area contributed by atoms with Crippen molar-refractivity contribution in [2.45, 2.75) is 43.9 Å². The first-order valence-electron chi connectivity index (χ1n) is 9.07. The minimum absolute atomic E-state index is 0.0563. The van der Waals surface area contributed by atoms with Gasteiger partial charge < -0.3 is 15.0 Å². The van der Waals surface area contributed by atoms with E-state index in [1.165, 1.54) is 11.0 Å². The van der Waals surface area contributed by atoms with Crippen LogP contribution in [0.3, 0.4) is 0 Å². The van der Waals surface area contributed by atoms with Crippen LogP contribution in [0.2, 0.25) is 0 Å². The van der Waals surface area contributed by atoms with E-state index in [4.69, 9.17) is 4.74 Å². The number of para-hydroxylation sites is 1. The molecule has 142 valence electrons. The summed E-state index contributed by atoms with van der Waals surface area (Å²) in [4.78, 5) is 26.4. The predicted molar refractivity (Wildman–Crippen MR) is 94.6 cm³/mol. The number of amides is 2. The third-order valence-corrected chi connectivity index (χ3v) is 5.35. The molecule has 9 nitrogen and oxygen atoms in total. The Labute approximate surface area is 156 Å². The van der Waals surface area contributed by atoms with Crippen molar-refractivity contribution in [3.63, 3.8) is 0 Å². The number of nitrogens with zero attached hydrogens (tertiary/aromatic N) is 5. The standard InChI is InChI=1S/C18H22N6O3/c1-23-9-8-18(7-6-17(23)26)10-14(13-4-2-3-5-15(13)27-18)20-16(25)11-24-12-19-21-22-24/h2-5,12,14H,6-11H2,1H3,(H,20,25)/t14-,18-/m0/s1. The molecule has 3 heterocycles. The van der Waals surface area contributed by atoms with E-state index in [1.807, 2.05) is 31.3 Å². The van der Waals surface area contributed by atoms with Gasteiger partial charge in [0.1, 0.15) is 24.2 Å². The Hall–Kier alpha value is -2.97. The summed E-state index contributed by atoms with van der Waals surface area (Å²) in [6, 6.07) is 7.57. The van der Waals surface area contributed by atoms with Crippen molar-refractivity contribution in [1.82, 2.24) is 30.4 Å². The molecular weight excluding hydrogens is 348 g/mol. The van der Waals surface area contributed by atoms with E-state index in [9.17, 15) is 9.59 Å². The summed E-state index contributed by atoms with van der Waals surface area (Å²) in [6.45, 7) is 0.701. The van der Waals surface area contributed by atoms with Crippen LogP contribution in [0.5, 0.6) is 5.75 Å². The van der Waals surface area contributed by atoms with Gasteiger partial charge in [-0.25, -0.2) is 4.68 Å². The highest BCUT2D eigenvalue weighted by Gasteiger charge is 2.43. The number of aromatic nitrogens is 4. The molecule has 9 heteroatoms. The van der Waals surface area contributed by atoms with Gasteiger partial charge in [0.25, 0.3) is 0 Å². The van der Waals surface area contributed by atoms with Gasteiger partial charge in [-0.3, -0.25) is 9.59 Å². The van der Waals surface area contributed by atoms with Crippen LogP contribution in [-0.4, -0.2) is 56.1 Å². The largest absolute Gasteiger partial charge is 0.487 e. The molecule has 1 aromatic carbocycles. The highest BCUT2D eigenvalue weighted by atomic mass is 16.5. The maximum atomic E-state index is 12.5. The van der Waals surface area contributed by atoms with Crippen molar-refractivity contribution in [2.24, 2.45) is 0 Å². The van der Waals surface area contributed by atoms with E-state index in [-0.39, 0.29) is 24.4 Å². The average Bonchev–Trinajstić information content (AvgIpc) is 3.12. The molecule has 0 aliphatic carbocycles. The van der Waals surface area contributed by atoms with Gasteiger partial charge in [0, 0.05) is 38.4 Å². The van der Waals surface area contributed by atoms with E-state index in [0.29, 0.717) is 25.8 Å². The lowest BCUT2D eigenvalue weighted by Crippen LogP contribution is -2.46. The van der Waals surface area contributed by atoms with Gasteiger partial charge in [0.2, 0.25) is 11.8 Å². The summed E-state index contributed by atoms with van der Waals surface area (Å²) in [5, 5.41) is 13.9. The number of rotatable bonds is 3. The minimum Gasteiger partial charge on any atom is -0.487 e. The molecule has 0 radical (unpaired) electrons. The minimum atomic E-state index is -0.457. The van der Waals surface area contributed by atoms with Crippen LogP contribution in [0.15, 0.2) is 30.6 Å². The Balaban J connectivity index is 1.56. The van der Waals surface area contributed by atoms with Gasteiger partial charge in [-0.1, -0.05) is 18.2 Å². The van der Waals surface area contributed by atoms with Crippen LogP contribution < -0.4 is 10.1 Å². The maximum Gasteiger partial charge on any atom is 0.242 e. The molecule has 0 bridgehead atoms. The summed E-state index contributed by atoms with van der Waals surface area (Å²) in [5.74, 6) is 0.739. The molecule has 1 saturated heterocycles. The summed E-state index contributed by atoms with van der Waals surface area (Å²) >= 11 is 0. The fraction of sp³-hybridized carbons (Fsp3) is 0.500. The summed E-state index contributed by atoms with van der Waals surface area (Å²) < 4.78 is 7.77. The molecule has 2 amide bonds. The molecule has 0 saturated carbocycles. The molecule has 2 aliphatic heterocycles. The third kappa shape index (κ3) is 3.62. The van der Waals surface area contributed by atoms with Crippen LogP contribution >= 0.6 is 0 Å². The van der Waals surface area contributed by atoms with Gasteiger partial charge in [-0.2, -0.15) is 0 Å². The van der Waals surface area contributed by atoms with Gasteiger partial charge in [-0.05, 0) is 22.9 Å². The summed E-state index contributed by atoms with van der Waals surface area (Å²) in [6.07, 6.45) is 3.87. The SMILES string of the molecule is CN1CC[C@@]2(CCC1=O)C[C@H](NC(=O)Cn1cnnn1)c1ccccc1O2. The molecule has 1 spiro atoms. The van der Waals surface area contributed by atoms with Crippen molar-refractivity contribution in [3.05, 3.63) is 36.2 Å². The van der Waals surface area contributed by atoms with E-state index in [2.05, 4.69) is 20.8 Å². The molecule has 1 N–H and O–H groups in total. The number of likely N-dealkylation sites (tertiary alicyclic amines) is 1. The van der Waals surface area contributed by atoms with E-state index in [0.717, 1.165) is 17.7 Å². The van der Waals surface area contributed by atoms with Gasteiger partial charge in [-0.15, -0.1) is 5.10 Å². The van der Waals surface area contributed by atoms with Crippen molar-refractivity contribution in [1.29, 1.82) is 0 Å². The van der Waals surface area contributed by atoms with Crippen LogP contribution in [0.4, 0.5) is 0 Å². The van der Waals surface area contributed by atoms with Crippen molar-refractivity contribution < 1.29 is 14.3 Å². The first-order valence-corrected chi connectivity index (χ1v) is 9.07. The van der Waals surface area contributed by atoms with Gasteiger partial charge in [0.05, 0.1) is 6.04 Å². The van der Waals surface area contributed by atoms with Crippen LogP contribution in [0.1, 0.15) is 37.3 Å². The third-order valence-electron chi connectivity index (χ3n) is 5.35. The van der Waals surface area contributed by atoms with Crippen molar-refractivity contribution >= 4 is 11.8 Å². The van der Waals surface area contributed by atoms with Crippen molar-refractivity contribution in [3.8, 4) is 5.75 Å². The van der Waals surface area contributed by atoms with E-state index < -0.39 is 5.60 Å². The lowest BCUT2D eigenvalue weighted by Gasteiger charge is -2.42. The molecule has 0 unspecified atom stereocenters. The summed E-state index contributed by atoms with van der Waals surface area (Å²) in [7, 11) is 1.82. The second-order valence-corrected chi connectivity index (χ2v) is 7.22. The molecular formula is C18H22N6O3. The second-order valence-electron chi connectivity index (χ2n) is 7.22. The number of carbonyl (C=O) groups is 2. The number of benzene rings is 1. The Morgan fingerprint density at radius 3 is 3.04 bits per heavy atom. The van der Waals surface area contributed by atoms with Crippen LogP contribution in [-0.2, 0) is 16.1 Å². The molecule has 4 rings (SSSR count). The molecule has 1 fully saturated rings. The van der Waals surface area contributed by atoms with E-state index >= 15 is 0 Å². The molecule has 27 heavy (non-hydrogen) atoms. The Bertz CT molecular complexity index is 839. The van der Waals surface area contributed by atoms with Crippen LogP contribution in [0.25, 0.3) is 0 Å². The zero-order chi connectivity index (χ0) is 18.9. The van der Waals surface area contributed by atoms with Gasteiger partial charge in [0.15, 0.2) is 0 Å². The Kier molecular flexibility index (Phi) is 4.51. The fourth-order valence-corrected chi connectivity index (χ4v) is 3.84. The zero-order valence-corrected chi connectivity index (χ0v) is 15.2. The predicted octanol–water partition coefficient (Wildman–Crippen LogP) is 0.694. The maximum absolute atomic E-state index is 12.5. The molecule has 2 aliphatic rings. The normalized spacial score (nSPS) is 24.9. The number of hydrogen-bond donors (Lipinski definition) is 1. The second kappa shape index (κ2) is 6.98. The van der Waals surface area contributed by atoms with Crippen LogP contribution in [0, 0.1) is 0 Å². The Morgan fingerprint density at radius 2 is 2.22 bits per heavy atom. The number of fused-ring (bicyclic) bond motifs is 1. The quantitative estimate of drug-likeness (QED) is 0.853. The first-order chi connectivity index (χ1) is 13.0. The monoisotopic (exact) mass is 370 g/mol. The van der Waals surface area contributed by atoms with E-state index in [1.54, 1.807) is 4.90 Å². The highest BCUT2D eigenvalue weighted by Crippen LogP contribution is 2.44. The number of ether oxygens (including phenoxy) is 1. The molecule has 1 aromatic heterocycles. The molecule has 2 aromatic rings. The highest BCUT2D eigenvalue weighted by molar-refractivity contribution is 5.77. The number of nitrogens with one attached hydrogen (secondary N) is 1. The number of carbonyl (C=O) groups excluding carboxylic acids is 2. The number of tetrazole rings is 1. The lowest BCUT2D eigenvalue weighted by molar-refractivity contribution is -0.129. The van der Waals surface area contributed by atoms with Crippen molar-refractivity contribution in [2.75, 3.05) is 13.6 Å². The smallest absolute Gasteiger partial charge is 0.242 e. The molecule has 2 atom stereocenters. The first kappa shape index (κ1) is 17.4. The number of hydrogen-bond acceptors (Lipinski definition) is 6. The fourth-order valence-electron chi connectivity index (χ4n) is 3.84. The summed E-state index contributed by atoms with van der Waals surface area (Å²) in [5.41, 5.74) is 0.499. The zero-order valence-electron chi connectivity index (χ0n) is 15.2. The van der Waals surface area contributed by atoms with Gasteiger partial charge >= 0.3 is 0 Å². The average molecular weight is 370 g/mol. The topological polar surface area (TPSA) is 102 Å². The lowest BCUT2D eigenvalue weighted by atomic mass is 9.82. The Morgan fingerprint density at radius 1 is 1.37 bits per heavy atom.